The first-order valence-corrected chi connectivity index (χ1v) is 7.06. The molecule has 1 aliphatic carbocycles. The van der Waals surface area contributed by atoms with E-state index in [2.05, 4.69) is 4.74 Å². The molecular weight excluding hydrogens is 264 g/mol. The highest BCUT2D eigenvalue weighted by Gasteiger charge is 2.27. The monoisotopic (exact) mass is 285 g/mol. The van der Waals surface area contributed by atoms with Gasteiger partial charge in [0.15, 0.2) is 0 Å². The fourth-order valence-corrected chi connectivity index (χ4v) is 2.84. The summed E-state index contributed by atoms with van der Waals surface area (Å²) in [6.45, 7) is -2.83. The maximum atomic E-state index is 12.1. The summed E-state index contributed by atoms with van der Waals surface area (Å²) in [4.78, 5) is 0. The van der Waals surface area contributed by atoms with Gasteiger partial charge < -0.3 is 15.6 Å². The number of hydrogen-bond acceptors (Lipinski definition) is 3. The quantitative estimate of drug-likeness (QED) is 0.873. The van der Waals surface area contributed by atoms with Crippen LogP contribution in [0.15, 0.2) is 24.3 Å². The number of nitrogens with two attached hydrogens (primary N) is 1. The lowest BCUT2D eigenvalue weighted by Crippen LogP contribution is -2.34. The largest absolute Gasteiger partial charge is 0.435 e. The van der Waals surface area contributed by atoms with Crippen LogP contribution in [0.1, 0.15) is 43.7 Å². The minimum atomic E-state index is -2.83. The number of hydrogen-bond donors (Lipinski definition) is 2. The van der Waals surface area contributed by atoms with Crippen LogP contribution in [0.2, 0.25) is 0 Å². The van der Waals surface area contributed by atoms with Gasteiger partial charge in [0.2, 0.25) is 0 Å². The Morgan fingerprint density at radius 1 is 1.10 bits per heavy atom. The van der Waals surface area contributed by atoms with Crippen LogP contribution in [0.4, 0.5) is 8.78 Å². The minimum absolute atomic E-state index is 0.100. The number of halogens is 2. The third-order valence-electron chi connectivity index (χ3n) is 3.99. The number of aliphatic hydroxyl groups excluding tert-OH is 1. The van der Waals surface area contributed by atoms with Gasteiger partial charge in [0.05, 0.1) is 12.1 Å². The third kappa shape index (κ3) is 3.90. The molecule has 2 rings (SSSR count). The summed E-state index contributed by atoms with van der Waals surface area (Å²) in [7, 11) is 0. The second-order valence-electron chi connectivity index (χ2n) is 5.36. The lowest BCUT2D eigenvalue weighted by atomic mass is 9.81. The Morgan fingerprint density at radius 3 is 2.25 bits per heavy atom. The van der Waals surface area contributed by atoms with Crippen LogP contribution < -0.4 is 10.5 Å². The molecule has 0 radical (unpaired) electrons. The van der Waals surface area contributed by atoms with Gasteiger partial charge >= 0.3 is 6.61 Å². The molecule has 3 nitrogen and oxygen atoms in total. The van der Waals surface area contributed by atoms with Crippen LogP contribution in [-0.4, -0.2) is 17.8 Å². The van der Waals surface area contributed by atoms with E-state index in [0.717, 1.165) is 31.2 Å². The Morgan fingerprint density at radius 2 is 1.70 bits per heavy atom. The van der Waals surface area contributed by atoms with Gasteiger partial charge in [-0.25, -0.2) is 0 Å². The van der Waals surface area contributed by atoms with Gasteiger partial charge in [-0.1, -0.05) is 31.4 Å². The average Bonchev–Trinajstić information content (AvgIpc) is 2.47. The van der Waals surface area contributed by atoms with E-state index in [-0.39, 0.29) is 11.7 Å². The molecule has 0 bridgehead atoms. The molecule has 2 atom stereocenters. The van der Waals surface area contributed by atoms with Crippen molar-refractivity contribution in [3.8, 4) is 5.75 Å². The van der Waals surface area contributed by atoms with E-state index in [0.29, 0.717) is 0 Å². The second-order valence-corrected chi connectivity index (χ2v) is 5.36. The highest BCUT2D eigenvalue weighted by molar-refractivity contribution is 5.29. The highest BCUT2D eigenvalue weighted by Crippen LogP contribution is 2.31. The topological polar surface area (TPSA) is 55.5 Å². The van der Waals surface area contributed by atoms with E-state index in [9.17, 15) is 13.9 Å². The molecule has 1 aromatic rings. The summed E-state index contributed by atoms with van der Waals surface area (Å²) in [5, 5.41) is 10.3. The fraction of sp³-hybridized carbons (Fsp3) is 0.600. The smallest absolute Gasteiger partial charge is 0.387 e. The second kappa shape index (κ2) is 6.99. The standard InChI is InChI=1S/C15H21F2NO2/c16-15(17)20-12-8-6-10(7-9-12)13(18)14(19)11-4-2-1-3-5-11/h6-9,11,13-15,19H,1-5,18H2/t13-,14+/m0/s1. The normalized spacial score (nSPS) is 19.9. The lowest BCUT2D eigenvalue weighted by molar-refractivity contribution is -0.0498. The first-order chi connectivity index (χ1) is 9.58. The molecule has 0 aliphatic heterocycles. The van der Waals surface area contributed by atoms with Gasteiger partial charge in [0.25, 0.3) is 0 Å². The van der Waals surface area contributed by atoms with Crippen molar-refractivity contribution in [2.75, 3.05) is 0 Å². The Hall–Kier alpha value is -1.20. The summed E-state index contributed by atoms with van der Waals surface area (Å²) in [6, 6.07) is 5.69. The van der Waals surface area contributed by atoms with E-state index in [1.165, 1.54) is 18.6 Å². The zero-order valence-electron chi connectivity index (χ0n) is 11.3. The van der Waals surface area contributed by atoms with Crippen LogP contribution in [0.25, 0.3) is 0 Å². The molecule has 0 spiro atoms. The molecule has 5 heteroatoms. The first-order valence-electron chi connectivity index (χ1n) is 7.06. The molecule has 0 amide bonds. The van der Waals surface area contributed by atoms with E-state index in [1.807, 2.05) is 0 Å². The molecule has 1 aliphatic rings. The summed E-state index contributed by atoms with van der Waals surface area (Å²) in [5.41, 5.74) is 6.82. The molecule has 0 heterocycles. The third-order valence-corrected chi connectivity index (χ3v) is 3.99. The van der Waals surface area contributed by atoms with Gasteiger partial charge in [-0.15, -0.1) is 0 Å². The van der Waals surface area contributed by atoms with E-state index < -0.39 is 18.8 Å². The summed E-state index contributed by atoms with van der Waals surface area (Å²) in [5.74, 6) is 0.332. The van der Waals surface area contributed by atoms with Crippen molar-refractivity contribution in [1.29, 1.82) is 0 Å². The SMILES string of the molecule is N[C@@H](c1ccc(OC(F)F)cc1)[C@H](O)C1CCCCC1. The Kier molecular flexibility index (Phi) is 5.31. The van der Waals surface area contributed by atoms with Crippen molar-refractivity contribution in [3.05, 3.63) is 29.8 Å². The van der Waals surface area contributed by atoms with Gasteiger partial charge in [-0.05, 0) is 36.5 Å². The first kappa shape index (κ1) is 15.2. The maximum Gasteiger partial charge on any atom is 0.387 e. The number of aliphatic hydroxyl groups is 1. The van der Waals surface area contributed by atoms with Crippen molar-refractivity contribution in [2.45, 2.75) is 50.9 Å². The summed E-state index contributed by atoms with van der Waals surface area (Å²) < 4.78 is 28.4. The molecule has 0 saturated heterocycles. The van der Waals surface area contributed by atoms with Crippen LogP contribution in [0.3, 0.4) is 0 Å². The average molecular weight is 285 g/mol. The number of ether oxygens (including phenoxy) is 1. The van der Waals surface area contributed by atoms with Gasteiger partial charge in [-0.3, -0.25) is 0 Å². The molecule has 3 N–H and O–H groups in total. The molecule has 0 aromatic heterocycles. The zero-order chi connectivity index (χ0) is 14.5. The van der Waals surface area contributed by atoms with Crippen LogP contribution in [0, 0.1) is 5.92 Å². The van der Waals surface area contributed by atoms with E-state index in [4.69, 9.17) is 5.73 Å². The highest BCUT2D eigenvalue weighted by atomic mass is 19.3. The lowest BCUT2D eigenvalue weighted by Gasteiger charge is -2.30. The molecule has 1 fully saturated rings. The van der Waals surface area contributed by atoms with Gasteiger partial charge in [0.1, 0.15) is 5.75 Å². The van der Waals surface area contributed by atoms with Crippen molar-refractivity contribution in [3.63, 3.8) is 0 Å². The van der Waals surface area contributed by atoms with E-state index in [1.54, 1.807) is 12.1 Å². The minimum Gasteiger partial charge on any atom is -0.435 e. The number of rotatable bonds is 5. The number of alkyl halides is 2. The Balaban J connectivity index is 1.98. The molecule has 1 saturated carbocycles. The van der Waals surface area contributed by atoms with Crippen molar-refractivity contribution in [1.82, 2.24) is 0 Å². The molecule has 112 valence electrons. The maximum absolute atomic E-state index is 12.1. The molecule has 1 aromatic carbocycles. The van der Waals surface area contributed by atoms with E-state index >= 15 is 0 Å². The van der Waals surface area contributed by atoms with Gasteiger partial charge in [0, 0.05) is 0 Å². The summed E-state index contributed by atoms with van der Waals surface area (Å²) >= 11 is 0. The van der Waals surface area contributed by atoms with Crippen LogP contribution in [0.5, 0.6) is 5.75 Å². The molecule has 0 unspecified atom stereocenters. The van der Waals surface area contributed by atoms with Crippen LogP contribution in [-0.2, 0) is 0 Å². The fourth-order valence-electron chi connectivity index (χ4n) is 2.84. The summed E-state index contributed by atoms with van der Waals surface area (Å²) in [6.07, 6.45) is 4.91. The van der Waals surface area contributed by atoms with Crippen molar-refractivity contribution < 1.29 is 18.6 Å². The zero-order valence-corrected chi connectivity index (χ0v) is 11.3. The number of benzene rings is 1. The molecule has 20 heavy (non-hydrogen) atoms. The van der Waals surface area contributed by atoms with Crippen molar-refractivity contribution >= 4 is 0 Å². The van der Waals surface area contributed by atoms with Crippen LogP contribution >= 0.6 is 0 Å². The van der Waals surface area contributed by atoms with Crippen molar-refractivity contribution in [2.24, 2.45) is 11.7 Å². The van der Waals surface area contributed by atoms with Gasteiger partial charge in [-0.2, -0.15) is 8.78 Å². The predicted molar refractivity (Wildman–Crippen MR) is 72.6 cm³/mol. The predicted octanol–water partition coefficient (Wildman–Crippen LogP) is 3.23. The Bertz CT molecular complexity index is 405. The Labute approximate surface area is 117 Å². The molecular formula is C15H21F2NO2.